The molecule has 29 heavy (non-hydrogen) atoms. The first kappa shape index (κ1) is 19.2. The van der Waals surface area contributed by atoms with E-state index in [-0.39, 0.29) is 6.17 Å². The molecule has 3 nitrogen and oxygen atoms in total. The quantitative estimate of drug-likeness (QED) is 0.291. The molecule has 1 aromatic heterocycles. The molecule has 4 heteroatoms. The van der Waals surface area contributed by atoms with Crippen molar-refractivity contribution in [1.82, 2.24) is 10.6 Å². The molecule has 0 unspecified atom stereocenters. The fourth-order valence-electron chi connectivity index (χ4n) is 3.65. The van der Waals surface area contributed by atoms with Crippen molar-refractivity contribution in [3.63, 3.8) is 0 Å². The van der Waals surface area contributed by atoms with Gasteiger partial charge < -0.3 is 10.6 Å². The number of carbonyl (C=O) groups is 1. The van der Waals surface area contributed by atoms with E-state index in [4.69, 9.17) is 0 Å². The Morgan fingerprint density at radius 3 is 2.69 bits per heavy atom. The number of benzene rings is 3. The van der Waals surface area contributed by atoms with Gasteiger partial charge in [-0.15, -0.1) is 11.3 Å². The lowest BCUT2D eigenvalue weighted by atomic mass is 10.0. The molecular formula is C25H24N2OS. The fraction of sp³-hybridized carbons (Fsp3) is 0.160. The summed E-state index contributed by atoms with van der Waals surface area (Å²) in [6.45, 7) is 4.18. The van der Waals surface area contributed by atoms with Crippen LogP contribution in [0.25, 0.3) is 20.9 Å². The first-order valence-corrected chi connectivity index (χ1v) is 10.7. The maximum absolute atomic E-state index is 11.1. The molecule has 1 amide bonds. The van der Waals surface area contributed by atoms with Gasteiger partial charge in [0.15, 0.2) is 0 Å². The summed E-state index contributed by atoms with van der Waals surface area (Å²) in [6.07, 6.45) is 3.03. The highest BCUT2D eigenvalue weighted by Crippen LogP contribution is 2.26. The SMILES string of the molecule is C=C(CCc1ccc2ccccc2c1)N[C@H](Cc1csc2ccccc12)NC=O. The molecule has 4 aromatic rings. The molecule has 0 aliphatic carbocycles. The predicted molar refractivity (Wildman–Crippen MR) is 123 cm³/mol. The molecule has 146 valence electrons. The van der Waals surface area contributed by atoms with Gasteiger partial charge in [0, 0.05) is 16.8 Å². The van der Waals surface area contributed by atoms with E-state index in [1.54, 1.807) is 11.3 Å². The average Bonchev–Trinajstić information content (AvgIpc) is 3.15. The van der Waals surface area contributed by atoms with Crippen molar-refractivity contribution in [3.8, 4) is 0 Å². The third-order valence-corrected chi connectivity index (χ3v) is 6.17. The van der Waals surface area contributed by atoms with Crippen LogP contribution < -0.4 is 10.6 Å². The Labute approximate surface area is 175 Å². The minimum atomic E-state index is -0.172. The van der Waals surface area contributed by atoms with Gasteiger partial charge in [0.2, 0.25) is 6.41 Å². The number of hydrogen-bond donors (Lipinski definition) is 2. The van der Waals surface area contributed by atoms with Crippen molar-refractivity contribution in [1.29, 1.82) is 0 Å². The van der Waals surface area contributed by atoms with Gasteiger partial charge in [-0.2, -0.15) is 0 Å². The third-order valence-electron chi connectivity index (χ3n) is 5.16. The highest BCUT2D eigenvalue weighted by molar-refractivity contribution is 7.17. The summed E-state index contributed by atoms with van der Waals surface area (Å²) in [5.74, 6) is 0. The van der Waals surface area contributed by atoms with Crippen LogP contribution in [0.1, 0.15) is 17.5 Å². The van der Waals surface area contributed by atoms with Crippen LogP contribution in [-0.4, -0.2) is 12.6 Å². The maximum atomic E-state index is 11.1. The molecule has 0 radical (unpaired) electrons. The van der Waals surface area contributed by atoms with Gasteiger partial charge in [0.05, 0.1) is 0 Å². The van der Waals surface area contributed by atoms with Gasteiger partial charge in [-0.1, -0.05) is 67.2 Å². The second kappa shape index (κ2) is 8.93. The lowest BCUT2D eigenvalue weighted by molar-refractivity contribution is -0.110. The largest absolute Gasteiger partial charge is 0.369 e. The van der Waals surface area contributed by atoms with Crippen molar-refractivity contribution in [2.45, 2.75) is 25.4 Å². The minimum absolute atomic E-state index is 0.172. The molecular weight excluding hydrogens is 376 g/mol. The number of aryl methyl sites for hydroxylation is 1. The molecule has 1 atom stereocenters. The monoisotopic (exact) mass is 400 g/mol. The molecule has 0 saturated heterocycles. The zero-order chi connectivity index (χ0) is 20.1. The molecule has 0 saturated carbocycles. The van der Waals surface area contributed by atoms with Crippen LogP contribution >= 0.6 is 11.3 Å². The number of carbonyl (C=O) groups excluding carboxylic acids is 1. The second-order valence-electron chi connectivity index (χ2n) is 7.23. The first-order valence-electron chi connectivity index (χ1n) is 9.80. The van der Waals surface area contributed by atoms with Crippen molar-refractivity contribution >= 4 is 38.6 Å². The van der Waals surface area contributed by atoms with E-state index in [1.165, 1.54) is 32.0 Å². The molecule has 2 N–H and O–H groups in total. The first-order chi connectivity index (χ1) is 14.2. The van der Waals surface area contributed by atoms with E-state index < -0.39 is 0 Å². The van der Waals surface area contributed by atoms with Crippen LogP contribution in [0.4, 0.5) is 0 Å². The topological polar surface area (TPSA) is 41.1 Å². The Morgan fingerprint density at radius 2 is 1.83 bits per heavy atom. The molecule has 0 spiro atoms. The lowest BCUT2D eigenvalue weighted by Crippen LogP contribution is -2.42. The highest BCUT2D eigenvalue weighted by atomic mass is 32.1. The number of nitrogens with one attached hydrogen (secondary N) is 2. The Balaban J connectivity index is 1.38. The lowest BCUT2D eigenvalue weighted by Gasteiger charge is -2.20. The molecule has 1 heterocycles. The molecule has 0 aliphatic heterocycles. The van der Waals surface area contributed by atoms with Crippen LogP contribution in [0.5, 0.6) is 0 Å². The van der Waals surface area contributed by atoms with Crippen molar-refractivity contribution in [3.05, 3.63) is 95.5 Å². The van der Waals surface area contributed by atoms with Gasteiger partial charge in [-0.3, -0.25) is 4.79 Å². The standard InChI is InChI=1S/C25H24N2OS/c1-18(10-11-19-12-13-20-6-2-3-7-21(20)14-19)27-25(26-17-28)15-22-16-29-24-9-5-4-8-23(22)24/h2-9,12-14,16-17,25,27H,1,10-11,15H2,(H,26,28)/t25-/m1/s1. The molecule has 0 fully saturated rings. The van der Waals surface area contributed by atoms with Gasteiger partial charge in [0.1, 0.15) is 6.17 Å². The van der Waals surface area contributed by atoms with E-state index in [0.29, 0.717) is 0 Å². The zero-order valence-electron chi connectivity index (χ0n) is 16.2. The molecule has 4 rings (SSSR count). The van der Waals surface area contributed by atoms with E-state index in [0.717, 1.165) is 31.4 Å². The predicted octanol–water partition coefficient (Wildman–Crippen LogP) is 5.41. The van der Waals surface area contributed by atoms with Crippen LogP contribution in [0.2, 0.25) is 0 Å². The van der Waals surface area contributed by atoms with Crippen molar-refractivity contribution in [2.24, 2.45) is 0 Å². The third kappa shape index (κ3) is 4.66. The Bertz CT molecular complexity index is 1150. The summed E-state index contributed by atoms with van der Waals surface area (Å²) >= 11 is 1.73. The van der Waals surface area contributed by atoms with Crippen molar-refractivity contribution < 1.29 is 4.79 Å². The molecule has 0 aliphatic rings. The van der Waals surface area contributed by atoms with Crippen LogP contribution in [0.15, 0.2) is 84.4 Å². The summed E-state index contributed by atoms with van der Waals surface area (Å²) in [6, 6.07) is 23.3. The van der Waals surface area contributed by atoms with Crippen LogP contribution in [0, 0.1) is 0 Å². The normalized spacial score (nSPS) is 12.0. The van der Waals surface area contributed by atoms with Gasteiger partial charge >= 0.3 is 0 Å². The van der Waals surface area contributed by atoms with Gasteiger partial charge in [-0.05, 0) is 51.6 Å². The smallest absolute Gasteiger partial charge is 0.208 e. The number of thiophene rings is 1. The highest BCUT2D eigenvalue weighted by Gasteiger charge is 2.12. The van der Waals surface area contributed by atoms with Gasteiger partial charge in [0.25, 0.3) is 0 Å². The minimum Gasteiger partial charge on any atom is -0.369 e. The Kier molecular flexibility index (Phi) is 5.92. The van der Waals surface area contributed by atoms with E-state index in [1.807, 2.05) is 0 Å². The average molecular weight is 401 g/mol. The fourth-order valence-corrected chi connectivity index (χ4v) is 4.63. The summed E-state index contributed by atoms with van der Waals surface area (Å²) < 4.78 is 1.27. The van der Waals surface area contributed by atoms with E-state index in [2.05, 4.69) is 89.3 Å². The summed E-state index contributed by atoms with van der Waals surface area (Å²) in [5.41, 5.74) is 3.45. The number of allylic oxidation sites excluding steroid dienone is 1. The van der Waals surface area contributed by atoms with Crippen LogP contribution in [-0.2, 0) is 17.6 Å². The molecule has 0 bridgehead atoms. The summed E-state index contributed by atoms with van der Waals surface area (Å²) in [5, 5.41) is 12.2. The number of amides is 1. The molecule has 3 aromatic carbocycles. The van der Waals surface area contributed by atoms with Gasteiger partial charge in [-0.25, -0.2) is 0 Å². The summed E-state index contributed by atoms with van der Waals surface area (Å²) in [4.78, 5) is 11.1. The number of fused-ring (bicyclic) bond motifs is 2. The number of rotatable bonds is 9. The second-order valence-corrected chi connectivity index (χ2v) is 8.14. The van der Waals surface area contributed by atoms with E-state index in [9.17, 15) is 4.79 Å². The Hall–Kier alpha value is -3.11. The summed E-state index contributed by atoms with van der Waals surface area (Å²) in [7, 11) is 0. The van der Waals surface area contributed by atoms with Crippen LogP contribution in [0.3, 0.4) is 0 Å². The Morgan fingerprint density at radius 1 is 1.03 bits per heavy atom. The number of hydrogen-bond acceptors (Lipinski definition) is 3. The van der Waals surface area contributed by atoms with E-state index >= 15 is 0 Å². The maximum Gasteiger partial charge on any atom is 0.208 e. The van der Waals surface area contributed by atoms with Crippen molar-refractivity contribution in [2.75, 3.05) is 0 Å². The zero-order valence-corrected chi connectivity index (χ0v) is 17.0.